The summed E-state index contributed by atoms with van der Waals surface area (Å²) in [6, 6.07) is 18.7. The molecule has 1 saturated heterocycles. The van der Waals surface area contributed by atoms with Gasteiger partial charge >= 0.3 is 0 Å². The summed E-state index contributed by atoms with van der Waals surface area (Å²) in [5, 5.41) is 12.3. The fourth-order valence-electron chi connectivity index (χ4n) is 6.85. The van der Waals surface area contributed by atoms with Crippen LogP contribution in [0.3, 0.4) is 0 Å². The van der Waals surface area contributed by atoms with Crippen LogP contribution in [0.5, 0.6) is 0 Å². The Morgan fingerprint density at radius 2 is 1.92 bits per heavy atom. The Hall–Kier alpha value is -5.07. The number of anilines is 1. The number of carbonyl (C=O) groups is 3. The van der Waals surface area contributed by atoms with E-state index in [2.05, 4.69) is 21.9 Å². The number of amides is 3. The smallest absolute Gasteiger partial charge is 0.272 e. The van der Waals surface area contributed by atoms with Gasteiger partial charge in [-0.05, 0) is 55.5 Å². The third kappa shape index (κ3) is 6.66. The van der Waals surface area contributed by atoms with E-state index in [1.165, 1.54) is 0 Å². The number of aromatic nitrogens is 4. The Labute approximate surface area is 285 Å². The molecule has 0 radical (unpaired) electrons. The number of para-hydroxylation sites is 1. The van der Waals surface area contributed by atoms with E-state index in [9.17, 15) is 14.4 Å². The molecule has 4 aromatic rings. The molecule has 254 valence electrons. The Morgan fingerprint density at radius 3 is 2.65 bits per heavy atom. The molecule has 2 aromatic carbocycles. The summed E-state index contributed by atoms with van der Waals surface area (Å²) in [7, 11) is 1.77. The van der Waals surface area contributed by atoms with Crippen molar-refractivity contribution in [2.45, 2.75) is 50.7 Å². The number of carbonyl (C=O) groups excluding carboxylic acids is 3. The van der Waals surface area contributed by atoms with E-state index >= 15 is 0 Å². The number of hydrogen-bond donors (Lipinski definition) is 1. The number of benzene rings is 2. The predicted molar refractivity (Wildman–Crippen MR) is 184 cm³/mol. The van der Waals surface area contributed by atoms with E-state index in [-0.39, 0.29) is 17.5 Å². The van der Waals surface area contributed by atoms with E-state index in [0.717, 1.165) is 54.8 Å². The molecule has 2 aromatic heterocycles. The van der Waals surface area contributed by atoms with Gasteiger partial charge in [0.1, 0.15) is 17.6 Å². The molecule has 3 aliphatic rings. The molecule has 1 saturated carbocycles. The molecule has 1 N–H and O–H groups in total. The van der Waals surface area contributed by atoms with Gasteiger partial charge in [0, 0.05) is 63.1 Å². The molecule has 12 heteroatoms. The van der Waals surface area contributed by atoms with Crippen LogP contribution in [-0.2, 0) is 20.9 Å². The zero-order chi connectivity index (χ0) is 34.1. The summed E-state index contributed by atoms with van der Waals surface area (Å²) in [5.74, 6) is -0.653. The van der Waals surface area contributed by atoms with Crippen LogP contribution in [0.15, 0.2) is 85.2 Å². The monoisotopic (exact) mass is 662 g/mol. The highest BCUT2D eigenvalue weighted by molar-refractivity contribution is 6.04. The number of fused-ring (bicyclic) bond motifs is 1. The summed E-state index contributed by atoms with van der Waals surface area (Å²) >= 11 is 0. The first-order chi connectivity index (χ1) is 23.8. The molecule has 12 nitrogen and oxygen atoms in total. The fourth-order valence-corrected chi connectivity index (χ4v) is 6.85. The molecule has 2 atom stereocenters. The molecule has 7 rings (SSSR count). The predicted octanol–water partition coefficient (Wildman–Crippen LogP) is 3.90. The van der Waals surface area contributed by atoms with Crippen molar-refractivity contribution >= 4 is 23.5 Å². The van der Waals surface area contributed by atoms with Crippen molar-refractivity contribution in [3.63, 3.8) is 0 Å². The Bertz CT molecular complexity index is 1860. The molecular weight excluding hydrogens is 620 g/mol. The Balaban J connectivity index is 1.20. The number of likely N-dealkylation sites (N-methyl/N-ethyl adjacent to an activating group) is 2. The lowest BCUT2D eigenvalue weighted by Crippen LogP contribution is -2.55. The average Bonchev–Trinajstić information content (AvgIpc) is 3.69. The summed E-state index contributed by atoms with van der Waals surface area (Å²) in [5.41, 5.74) is 4.14. The van der Waals surface area contributed by atoms with Gasteiger partial charge in [0.2, 0.25) is 0 Å². The van der Waals surface area contributed by atoms with Crippen molar-refractivity contribution in [3.8, 4) is 5.69 Å². The van der Waals surface area contributed by atoms with Crippen molar-refractivity contribution in [2.24, 2.45) is 0 Å². The lowest BCUT2D eigenvalue weighted by Gasteiger charge is -2.38. The molecule has 0 bridgehead atoms. The van der Waals surface area contributed by atoms with Gasteiger partial charge in [-0.2, -0.15) is 10.2 Å². The average molecular weight is 663 g/mol. The maximum Gasteiger partial charge on any atom is 0.272 e. The number of rotatable bonds is 11. The zero-order valence-electron chi connectivity index (χ0n) is 28.0. The van der Waals surface area contributed by atoms with E-state index in [0.29, 0.717) is 43.8 Å². The number of ether oxygens (including phenoxy) is 1. The first-order valence-corrected chi connectivity index (χ1v) is 16.9. The quantitative estimate of drug-likeness (QED) is 0.242. The second-order valence-corrected chi connectivity index (χ2v) is 13.0. The van der Waals surface area contributed by atoms with Gasteiger partial charge in [-0.3, -0.25) is 28.9 Å². The Kier molecular flexibility index (Phi) is 9.15. The van der Waals surface area contributed by atoms with Crippen molar-refractivity contribution in [2.75, 3.05) is 44.9 Å². The first kappa shape index (κ1) is 32.5. The van der Waals surface area contributed by atoms with Gasteiger partial charge in [0.05, 0.1) is 24.7 Å². The molecule has 0 spiro atoms. The van der Waals surface area contributed by atoms with Gasteiger partial charge < -0.3 is 15.0 Å². The van der Waals surface area contributed by atoms with Gasteiger partial charge in [-0.15, -0.1) is 0 Å². The second-order valence-electron chi connectivity index (χ2n) is 13.0. The highest BCUT2D eigenvalue weighted by Gasteiger charge is 2.44. The minimum atomic E-state index is -0.916. The number of hydrogen-bond acceptors (Lipinski definition) is 7. The molecule has 2 fully saturated rings. The van der Waals surface area contributed by atoms with Gasteiger partial charge in [-0.25, -0.2) is 4.68 Å². The van der Waals surface area contributed by atoms with Crippen molar-refractivity contribution < 1.29 is 19.1 Å². The van der Waals surface area contributed by atoms with Crippen LogP contribution in [0.2, 0.25) is 0 Å². The highest BCUT2D eigenvalue weighted by Crippen LogP contribution is 2.42. The summed E-state index contributed by atoms with van der Waals surface area (Å²) in [6.07, 6.45) is 6.64. The second kappa shape index (κ2) is 13.8. The molecular formula is C37H42N8O4. The van der Waals surface area contributed by atoms with E-state index in [1.54, 1.807) is 33.8 Å². The van der Waals surface area contributed by atoms with Crippen LogP contribution in [0, 0.1) is 0 Å². The van der Waals surface area contributed by atoms with Gasteiger partial charge in [-0.1, -0.05) is 49.0 Å². The number of nitrogens with zero attached hydrogens (tertiary/aromatic N) is 7. The van der Waals surface area contributed by atoms with Crippen LogP contribution in [-0.4, -0.2) is 93.1 Å². The lowest BCUT2D eigenvalue weighted by atomic mass is 9.82. The standard InChI is InChI=1S/C37H42N8O4/c1-4-43-35-30(21-38-45(35)29-12-6-5-7-13-29)32(33(37(43)48)39-34(46)31-16-18-44(40-31)28-14-15-28)27-11-8-10-26(20-27)23-41(3)36(47)25(2)22-42-17-9-19-49-24-42/h5-8,10-13,16,18,20-21,28,32-33H,2,4,9,14-15,17,19,22-24H2,1,3H3,(H,39,46)/t32-,33+/m1/s1. The molecule has 49 heavy (non-hydrogen) atoms. The van der Waals surface area contributed by atoms with Crippen LogP contribution >= 0.6 is 0 Å². The normalized spacial score (nSPS) is 19.4. The van der Waals surface area contributed by atoms with Crippen molar-refractivity contribution in [3.05, 3.63) is 108 Å². The van der Waals surface area contributed by atoms with Crippen LogP contribution in [0.1, 0.15) is 65.3 Å². The Morgan fingerprint density at radius 1 is 1.10 bits per heavy atom. The minimum absolute atomic E-state index is 0.135. The van der Waals surface area contributed by atoms with Crippen LogP contribution in [0.4, 0.5) is 5.82 Å². The van der Waals surface area contributed by atoms with E-state index in [4.69, 9.17) is 9.84 Å². The van der Waals surface area contributed by atoms with Crippen LogP contribution < -0.4 is 10.2 Å². The lowest BCUT2D eigenvalue weighted by molar-refractivity contribution is -0.127. The first-order valence-electron chi connectivity index (χ1n) is 16.9. The largest absolute Gasteiger partial charge is 0.366 e. The summed E-state index contributed by atoms with van der Waals surface area (Å²) in [4.78, 5) is 46.9. The zero-order valence-corrected chi connectivity index (χ0v) is 28.0. The maximum absolute atomic E-state index is 14.4. The summed E-state index contributed by atoms with van der Waals surface area (Å²) < 4.78 is 9.14. The third-order valence-corrected chi connectivity index (χ3v) is 9.42. The van der Waals surface area contributed by atoms with Gasteiger partial charge in [0.25, 0.3) is 17.7 Å². The molecule has 1 aliphatic carbocycles. The molecule has 0 unspecified atom stereocenters. The molecule has 2 aliphatic heterocycles. The summed E-state index contributed by atoms with van der Waals surface area (Å²) in [6.45, 7) is 9.28. The van der Waals surface area contributed by atoms with Gasteiger partial charge in [0.15, 0.2) is 0 Å². The van der Waals surface area contributed by atoms with Crippen LogP contribution in [0.25, 0.3) is 5.69 Å². The van der Waals surface area contributed by atoms with Crippen molar-refractivity contribution in [1.82, 2.24) is 34.7 Å². The fraction of sp³-hybridized carbons (Fsp3) is 0.378. The molecule has 3 amide bonds. The number of nitrogens with one attached hydrogen (secondary N) is 1. The topological polar surface area (TPSA) is 118 Å². The SMILES string of the molecule is C=C(CN1CCCOC1)C(=O)N(C)Cc1cccc([C@@H]2c3cnn(-c4ccccc4)c3N(CC)C(=O)[C@H]2NC(=O)c2ccn(C3CC3)n2)c1. The maximum atomic E-state index is 14.4. The van der Waals surface area contributed by atoms with E-state index < -0.39 is 17.9 Å². The van der Waals surface area contributed by atoms with E-state index in [1.807, 2.05) is 72.4 Å². The van der Waals surface area contributed by atoms with Crippen molar-refractivity contribution in [1.29, 1.82) is 0 Å². The minimum Gasteiger partial charge on any atom is -0.366 e. The molecule has 4 heterocycles. The third-order valence-electron chi connectivity index (χ3n) is 9.42. The highest BCUT2D eigenvalue weighted by atomic mass is 16.5.